The van der Waals surface area contributed by atoms with Gasteiger partial charge in [-0.15, -0.1) is 0 Å². The Morgan fingerprint density at radius 2 is 1.90 bits per heavy atom. The molecule has 108 valence electrons. The van der Waals surface area contributed by atoms with Gasteiger partial charge < -0.3 is 0 Å². The van der Waals surface area contributed by atoms with E-state index in [0.717, 1.165) is 32.1 Å². The Morgan fingerprint density at radius 1 is 1.20 bits per heavy atom. The van der Waals surface area contributed by atoms with Crippen LogP contribution >= 0.6 is 0 Å². The second-order valence-corrected chi connectivity index (χ2v) is 6.95. The van der Waals surface area contributed by atoms with E-state index in [9.17, 15) is 12.8 Å². The van der Waals surface area contributed by atoms with E-state index in [0.29, 0.717) is 0 Å². The van der Waals surface area contributed by atoms with Crippen LogP contribution in [0.15, 0.2) is 24.3 Å². The molecule has 0 atom stereocenters. The van der Waals surface area contributed by atoms with Crippen molar-refractivity contribution >= 4 is 10.0 Å². The molecule has 0 aliphatic heterocycles. The summed E-state index contributed by atoms with van der Waals surface area (Å²) < 4.78 is 39.8. The topological polar surface area (TPSA) is 46.2 Å². The van der Waals surface area contributed by atoms with Crippen LogP contribution < -0.4 is 4.72 Å². The van der Waals surface area contributed by atoms with Crippen molar-refractivity contribution in [2.45, 2.75) is 37.4 Å². The summed E-state index contributed by atoms with van der Waals surface area (Å²) >= 11 is 0. The molecular weight excluding hydrogens is 277 g/mol. The van der Waals surface area contributed by atoms with Gasteiger partial charge in [-0.25, -0.2) is 17.5 Å². The molecule has 1 aliphatic carbocycles. The van der Waals surface area contributed by atoms with Crippen LogP contribution in [0.4, 0.5) is 4.39 Å². The van der Waals surface area contributed by atoms with Crippen LogP contribution in [-0.2, 0) is 10.0 Å². The standard InChI is InChI=1S/C15H18FNO2S/c16-15-11-5-4-7-13(15)8-6-12-17-20(18,19)14-9-2-1-3-10-14/h4-5,7,11,14,17H,1-3,9-10,12H2. The van der Waals surface area contributed by atoms with Gasteiger partial charge in [0.05, 0.1) is 17.4 Å². The third-order valence-corrected chi connectivity index (χ3v) is 5.35. The molecule has 1 saturated carbocycles. The van der Waals surface area contributed by atoms with E-state index in [1.807, 2.05) is 0 Å². The maximum absolute atomic E-state index is 13.3. The fourth-order valence-electron chi connectivity index (χ4n) is 2.33. The van der Waals surface area contributed by atoms with Gasteiger partial charge >= 0.3 is 0 Å². The molecule has 1 aromatic rings. The predicted molar refractivity (Wildman–Crippen MR) is 77.1 cm³/mol. The summed E-state index contributed by atoms with van der Waals surface area (Å²) in [6.45, 7) is 0.0210. The van der Waals surface area contributed by atoms with Crippen LogP contribution in [0.1, 0.15) is 37.7 Å². The molecule has 0 aromatic heterocycles. The maximum Gasteiger partial charge on any atom is 0.215 e. The highest BCUT2D eigenvalue weighted by atomic mass is 32.2. The van der Waals surface area contributed by atoms with Gasteiger partial charge in [0.15, 0.2) is 0 Å². The first-order valence-electron chi connectivity index (χ1n) is 6.81. The first-order chi connectivity index (χ1) is 9.59. The molecule has 0 bridgehead atoms. The zero-order valence-corrected chi connectivity index (χ0v) is 12.0. The third kappa shape index (κ3) is 4.06. The lowest BCUT2D eigenvalue weighted by Gasteiger charge is -2.21. The molecule has 1 fully saturated rings. The zero-order chi connectivity index (χ0) is 14.4. The maximum atomic E-state index is 13.3. The molecule has 0 amide bonds. The molecule has 1 N–H and O–H groups in total. The van der Waals surface area contributed by atoms with Crippen LogP contribution in [0, 0.1) is 17.7 Å². The SMILES string of the molecule is O=S(=O)(NCC#Cc1ccccc1F)C1CCCCC1. The number of benzene rings is 1. The smallest absolute Gasteiger partial charge is 0.212 e. The largest absolute Gasteiger partial charge is 0.215 e. The zero-order valence-electron chi connectivity index (χ0n) is 11.2. The molecule has 0 unspecified atom stereocenters. The Kier molecular flexibility index (Phi) is 5.16. The summed E-state index contributed by atoms with van der Waals surface area (Å²) in [4.78, 5) is 0. The van der Waals surface area contributed by atoms with Crippen LogP contribution in [0.2, 0.25) is 0 Å². The number of hydrogen-bond donors (Lipinski definition) is 1. The Hall–Kier alpha value is -1.38. The lowest BCUT2D eigenvalue weighted by molar-refractivity contribution is 0.479. The van der Waals surface area contributed by atoms with Gasteiger partial charge in [-0.3, -0.25) is 0 Å². The second kappa shape index (κ2) is 6.87. The van der Waals surface area contributed by atoms with Crippen LogP contribution in [-0.4, -0.2) is 20.2 Å². The number of rotatable bonds is 3. The number of halogens is 1. The summed E-state index contributed by atoms with van der Waals surface area (Å²) in [5.41, 5.74) is 0.282. The first-order valence-corrected chi connectivity index (χ1v) is 8.36. The normalized spacial score (nSPS) is 16.4. The molecule has 1 aromatic carbocycles. The van der Waals surface area contributed by atoms with Gasteiger partial charge in [0.25, 0.3) is 0 Å². The van der Waals surface area contributed by atoms with Gasteiger partial charge in [0.1, 0.15) is 5.82 Å². The molecule has 0 spiro atoms. The van der Waals surface area contributed by atoms with Gasteiger partial charge in [-0.1, -0.05) is 43.2 Å². The number of hydrogen-bond acceptors (Lipinski definition) is 2. The van der Waals surface area contributed by atoms with E-state index in [-0.39, 0.29) is 17.4 Å². The van der Waals surface area contributed by atoms with Crippen LogP contribution in [0.3, 0.4) is 0 Å². The predicted octanol–water partition coefficient (Wildman–Crippen LogP) is 2.43. The lowest BCUT2D eigenvalue weighted by Crippen LogP contribution is -2.35. The summed E-state index contributed by atoms with van der Waals surface area (Å²) in [5, 5.41) is -0.300. The highest BCUT2D eigenvalue weighted by molar-refractivity contribution is 7.90. The average Bonchev–Trinajstić information content (AvgIpc) is 2.46. The van der Waals surface area contributed by atoms with Crippen molar-refractivity contribution in [3.63, 3.8) is 0 Å². The molecule has 0 heterocycles. The van der Waals surface area contributed by atoms with E-state index >= 15 is 0 Å². The fourth-order valence-corrected chi connectivity index (χ4v) is 3.79. The molecule has 3 nitrogen and oxygen atoms in total. The van der Waals surface area contributed by atoms with Crippen molar-refractivity contribution in [2.75, 3.05) is 6.54 Å². The van der Waals surface area contributed by atoms with Crippen molar-refractivity contribution < 1.29 is 12.8 Å². The van der Waals surface area contributed by atoms with Crippen molar-refractivity contribution in [1.29, 1.82) is 0 Å². The highest BCUT2D eigenvalue weighted by Crippen LogP contribution is 2.22. The van der Waals surface area contributed by atoms with E-state index in [4.69, 9.17) is 0 Å². The van der Waals surface area contributed by atoms with Crippen LogP contribution in [0.25, 0.3) is 0 Å². The molecular formula is C15H18FNO2S. The van der Waals surface area contributed by atoms with Gasteiger partial charge in [-0.2, -0.15) is 0 Å². The monoisotopic (exact) mass is 295 g/mol. The summed E-state index contributed by atoms with van der Waals surface area (Å²) in [6, 6.07) is 6.18. The summed E-state index contributed by atoms with van der Waals surface area (Å²) in [7, 11) is -3.29. The van der Waals surface area contributed by atoms with Crippen molar-refractivity contribution in [3.05, 3.63) is 35.6 Å². The van der Waals surface area contributed by atoms with Crippen LogP contribution in [0.5, 0.6) is 0 Å². The molecule has 20 heavy (non-hydrogen) atoms. The van der Waals surface area contributed by atoms with Crippen molar-refractivity contribution in [1.82, 2.24) is 4.72 Å². The van der Waals surface area contributed by atoms with E-state index in [2.05, 4.69) is 16.6 Å². The minimum absolute atomic E-state index is 0.0210. The molecule has 0 radical (unpaired) electrons. The first kappa shape index (κ1) is 15.0. The summed E-state index contributed by atoms with van der Waals surface area (Å²) in [5.74, 6) is 4.90. The van der Waals surface area contributed by atoms with E-state index < -0.39 is 15.8 Å². The molecule has 5 heteroatoms. The third-order valence-electron chi connectivity index (χ3n) is 3.45. The Bertz CT molecular complexity index is 610. The molecule has 1 aliphatic rings. The molecule has 0 saturated heterocycles. The molecule has 2 rings (SSSR count). The second-order valence-electron chi connectivity index (χ2n) is 4.91. The summed E-state index contributed by atoms with van der Waals surface area (Å²) in [6.07, 6.45) is 4.48. The number of nitrogens with one attached hydrogen (secondary N) is 1. The van der Waals surface area contributed by atoms with Crippen molar-refractivity contribution in [3.8, 4) is 11.8 Å². The van der Waals surface area contributed by atoms with Gasteiger partial charge in [0, 0.05) is 0 Å². The Balaban J connectivity index is 1.91. The quantitative estimate of drug-likeness (QED) is 0.871. The van der Waals surface area contributed by atoms with Gasteiger partial charge in [0.2, 0.25) is 10.0 Å². The van der Waals surface area contributed by atoms with Crippen molar-refractivity contribution in [2.24, 2.45) is 0 Å². The Morgan fingerprint density at radius 3 is 2.60 bits per heavy atom. The van der Waals surface area contributed by atoms with E-state index in [1.165, 1.54) is 6.07 Å². The minimum atomic E-state index is -3.29. The highest BCUT2D eigenvalue weighted by Gasteiger charge is 2.26. The lowest BCUT2D eigenvalue weighted by atomic mass is 10.0. The Labute approximate surface area is 119 Å². The fraction of sp³-hybridized carbons (Fsp3) is 0.467. The number of sulfonamides is 1. The van der Waals surface area contributed by atoms with E-state index in [1.54, 1.807) is 18.2 Å². The van der Waals surface area contributed by atoms with Gasteiger partial charge in [-0.05, 0) is 25.0 Å². The minimum Gasteiger partial charge on any atom is -0.212 e. The average molecular weight is 295 g/mol.